The van der Waals surface area contributed by atoms with Gasteiger partial charge in [0.05, 0.1) is 17.9 Å². The summed E-state index contributed by atoms with van der Waals surface area (Å²) in [6, 6.07) is -0.979. The first kappa shape index (κ1) is 48.6. The molecule has 6 nitrogen and oxygen atoms in total. The van der Waals surface area contributed by atoms with Crippen LogP contribution in [0.1, 0.15) is 213 Å². The van der Waals surface area contributed by atoms with Crippen molar-refractivity contribution in [1.29, 1.82) is 0 Å². The number of amides is 1. The molecule has 2 atom stereocenters. The van der Waals surface area contributed by atoms with Gasteiger partial charge in [-0.05, 0) is 44.9 Å². The van der Waals surface area contributed by atoms with E-state index in [2.05, 4.69) is 55.6 Å². The Morgan fingerprint density at radius 1 is 0.560 bits per heavy atom. The fourth-order valence-electron chi connectivity index (χ4n) is 6.47. The van der Waals surface area contributed by atoms with Gasteiger partial charge in [-0.15, -0.1) is 0 Å². The van der Waals surface area contributed by atoms with E-state index in [1.54, 1.807) is 0 Å². The second kappa shape index (κ2) is 37.3. The molecule has 0 heterocycles. The zero-order chi connectivity index (χ0) is 36.8. The van der Waals surface area contributed by atoms with E-state index in [0.717, 1.165) is 77.0 Å². The largest absolute Gasteiger partial charge is 0.391 e. The molecule has 0 radical (unpaired) electrons. The number of hydrogen-bond acceptors (Lipinski definition) is 4. The smallest absolute Gasteiger partial charge is 0.266 e. The van der Waals surface area contributed by atoms with Gasteiger partial charge in [-0.1, -0.05) is 198 Å². The lowest BCUT2D eigenvalue weighted by atomic mass is 10.0. The van der Waals surface area contributed by atoms with Crippen LogP contribution < -0.4 is 5.32 Å². The van der Waals surface area contributed by atoms with E-state index >= 15 is 0 Å². The molecule has 0 aromatic heterocycles. The Hall–Kier alpha value is -1.44. The molecule has 0 bridgehead atoms. The number of unbranched alkanes of at least 4 members (excludes halogenated alkanes) is 24. The number of allylic oxidation sites excluding steroid dienone is 6. The predicted octanol–water partition coefficient (Wildman–Crippen LogP) is 12.5. The normalized spacial score (nSPS) is 13.6. The Labute approximate surface area is 310 Å². The van der Waals surface area contributed by atoms with E-state index in [0.29, 0.717) is 12.8 Å². The number of nitrogens with one attached hydrogen (secondary N) is 1. The summed E-state index contributed by atoms with van der Waals surface area (Å²) in [6.07, 6.45) is 48.1. The Morgan fingerprint density at radius 3 is 1.42 bits per heavy atom. The zero-order valence-electron chi connectivity index (χ0n) is 32.8. The highest BCUT2D eigenvalue weighted by molar-refractivity contribution is 7.85. The lowest BCUT2D eigenvalue weighted by Gasteiger charge is -2.23. The van der Waals surface area contributed by atoms with Crippen molar-refractivity contribution in [3.63, 3.8) is 0 Å². The molecule has 294 valence electrons. The van der Waals surface area contributed by atoms with E-state index in [4.69, 9.17) is 0 Å². The average molecular weight is 724 g/mol. The minimum absolute atomic E-state index is 0.262. The van der Waals surface area contributed by atoms with Crippen LogP contribution in [0.2, 0.25) is 0 Å². The second-order valence-corrected chi connectivity index (χ2v) is 16.1. The molecule has 3 N–H and O–H groups in total. The monoisotopic (exact) mass is 724 g/mol. The van der Waals surface area contributed by atoms with E-state index in [1.165, 1.54) is 109 Å². The van der Waals surface area contributed by atoms with Gasteiger partial charge in [0, 0.05) is 6.42 Å². The molecular formula is C43H81NO5S. The van der Waals surface area contributed by atoms with Crippen molar-refractivity contribution in [3.8, 4) is 0 Å². The molecule has 7 heteroatoms. The van der Waals surface area contributed by atoms with E-state index in [-0.39, 0.29) is 5.91 Å². The lowest BCUT2D eigenvalue weighted by molar-refractivity contribution is -0.122. The topological polar surface area (TPSA) is 104 Å². The molecule has 0 rings (SSSR count). The summed E-state index contributed by atoms with van der Waals surface area (Å²) >= 11 is 0. The van der Waals surface area contributed by atoms with Crippen molar-refractivity contribution in [2.45, 2.75) is 225 Å². The van der Waals surface area contributed by atoms with Crippen molar-refractivity contribution < 1.29 is 22.9 Å². The van der Waals surface area contributed by atoms with Crippen LogP contribution in [0, 0.1) is 0 Å². The molecule has 0 aliphatic rings. The maximum Gasteiger partial charge on any atom is 0.266 e. The molecule has 0 aromatic rings. The number of carbonyl (C=O) groups excluding carboxylic acids is 1. The van der Waals surface area contributed by atoms with Crippen molar-refractivity contribution in [2.75, 3.05) is 5.75 Å². The van der Waals surface area contributed by atoms with Gasteiger partial charge >= 0.3 is 0 Å². The van der Waals surface area contributed by atoms with Crippen LogP contribution in [-0.2, 0) is 14.9 Å². The van der Waals surface area contributed by atoms with Gasteiger partial charge in [0.15, 0.2) is 0 Å². The van der Waals surface area contributed by atoms with Gasteiger partial charge in [0.25, 0.3) is 10.1 Å². The maximum absolute atomic E-state index is 12.5. The van der Waals surface area contributed by atoms with Crippen LogP contribution in [0.25, 0.3) is 0 Å². The van der Waals surface area contributed by atoms with Gasteiger partial charge in [-0.25, -0.2) is 0 Å². The van der Waals surface area contributed by atoms with Crippen molar-refractivity contribution in [2.24, 2.45) is 0 Å². The minimum atomic E-state index is -4.32. The molecule has 0 aromatic carbocycles. The standard InChI is InChI=1S/C43H81NO5S/c1-3-5-7-9-11-13-15-17-19-20-21-22-23-25-26-28-30-32-34-36-38-42(45)41(40-50(47,48)49)44-43(46)39-37-35-33-31-29-27-24-18-16-14-12-10-8-6-4-2/h6,8,12,14,18,24,41-42,45H,3-5,7,9-11,13,15-17,19-23,25-40H2,1-2H3,(H,44,46)(H,47,48,49)/b8-6-,14-12-,24-18-. The molecule has 0 aliphatic heterocycles. The van der Waals surface area contributed by atoms with Gasteiger partial charge in [0.1, 0.15) is 0 Å². The number of aliphatic hydroxyl groups is 1. The first-order valence-corrected chi connectivity index (χ1v) is 22.8. The lowest BCUT2D eigenvalue weighted by Crippen LogP contribution is -2.47. The number of aliphatic hydroxyl groups excluding tert-OH is 1. The van der Waals surface area contributed by atoms with E-state index in [1.807, 2.05) is 0 Å². The predicted molar refractivity (Wildman–Crippen MR) is 216 cm³/mol. The molecule has 2 unspecified atom stereocenters. The third-order valence-electron chi connectivity index (χ3n) is 9.61. The Balaban J connectivity index is 3.84. The Bertz CT molecular complexity index is 930. The first-order valence-electron chi connectivity index (χ1n) is 21.2. The number of rotatable bonds is 38. The van der Waals surface area contributed by atoms with Crippen LogP contribution in [0.4, 0.5) is 0 Å². The minimum Gasteiger partial charge on any atom is -0.391 e. The molecule has 50 heavy (non-hydrogen) atoms. The average Bonchev–Trinajstić information content (AvgIpc) is 3.08. The molecule has 1 amide bonds. The number of carbonyl (C=O) groups is 1. The van der Waals surface area contributed by atoms with Crippen LogP contribution in [0.3, 0.4) is 0 Å². The van der Waals surface area contributed by atoms with Gasteiger partial charge in [0.2, 0.25) is 5.91 Å². The van der Waals surface area contributed by atoms with Crippen LogP contribution in [0.5, 0.6) is 0 Å². The highest BCUT2D eigenvalue weighted by Gasteiger charge is 2.26. The fourth-order valence-corrected chi connectivity index (χ4v) is 7.23. The van der Waals surface area contributed by atoms with Gasteiger partial charge in [-0.3, -0.25) is 9.35 Å². The summed E-state index contributed by atoms with van der Waals surface area (Å²) in [6.45, 7) is 4.42. The van der Waals surface area contributed by atoms with Gasteiger partial charge in [-0.2, -0.15) is 8.42 Å². The molecule has 0 spiro atoms. The highest BCUT2D eigenvalue weighted by atomic mass is 32.2. The van der Waals surface area contributed by atoms with Crippen LogP contribution in [-0.4, -0.2) is 41.9 Å². The van der Waals surface area contributed by atoms with E-state index < -0.39 is 28.0 Å². The Morgan fingerprint density at radius 2 is 0.960 bits per heavy atom. The summed E-state index contributed by atoms with van der Waals surface area (Å²) in [5, 5.41) is 13.4. The highest BCUT2D eigenvalue weighted by Crippen LogP contribution is 2.16. The molecular weight excluding hydrogens is 643 g/mol. The molecule has 0 fully saturated rings. The van der Waals surface area contributed by atoms with Crippen LogP contribution in [0.15, 0.2) is 36.5 Å². The first-order chi connectivity index (χ1) is 24.3. The summed E-state index contributed by atoms with van der Waals surface area (Å²) in [5.74, 6) is -0.916. The van der Waals surface area contributed by atoms with Crippen molar-refractivity contribution >= 4 is 16.0 Å². The SMILES string of the molecule is CC/C=C\C/C=C\C/C=C\CCCCCCCC(=O)NC(CS(=O)(=O)O)C(O)CCCCCCCCCCCCCCCCCCCCCC. The zero-order valence-corrected chi connectivity index (χ0v) is 33.6. The summed E-state index contributed by atoms with van der Waals surface area (Å²) < 4.78 is 32.6. The summed E-state index contributed by atoms with van der Waals surface area (Å²) in [7, 11) is -4.32. The third-order valence-corrected chi connectivity index (χ3v) is 10.4. The third kappa shape index (κ3) is 37.8. The van der Waals surface area contributed by atoms with Crippen molar-refractivity contribution in [3.05, 3.63) is 36.5 Å². The Kier molecular flexibility index (Phi) is 36.2. The maximum atomic E-state index is 12.5. The van der Waals surface area contributed by atoms with E-state index in [9.17, 15) is 22.9 Å². The fraction of sp³-hybridized carbons (Fsp3) is 0.837. The van der Waals surface area contributed by atoms with Crippen molar-refractivity contribution in [1.82, 2.24) is 5.32 Å². The number of hydrogen-bond donors (Lipinski definition) is 3. The molecule has 0 saturated heterocycles. The quantitative estimate of drug-likeness (QED) is 0.0334. The summed E-state index contributed by atoms with van der Waals surface area (Å²) in [5.41, 5.74) is 0. The molecule has 0 saturated carbocycles. The van der Waals surface area contributed by atoms with Gasteiger partial charge < -0.3 is 10.4 Å². The molecule has 0 aliphatic carbocycles. The summed E-state index contributed by atoms with van der Waals surface area (Å²) in [4.78, 5) is 12.5. The van der Waals surface area contributed by atoms with Crippen LogP contribution >= 0.6 is 0 Å². The second-order valence-electron chi connectivity index (χ2n) is 14.6.